The molecular formula is C16H21F3N6S. The number of hydrogen-bond donors (Lipinski definition) is 2. The van der Waals surface area contributed by atoms with Crippen LogP contribution in [-0.2, 0) is 19.3 Å². The summed E-state index contributed by atoms with van der Waals surface area (Å²) in [5, 5.41) is 7.40. The number of anilines is 1. The first-order valence-corrected chi connectivity index (χ1v) is 8.84. The molecule has 10 heteroatoms. The fourth-order valence-electron chi connectivity index (χ4n) is 1.99. The maximum absolute atomic E-state index is 12.6. The van der Waals surface area contributed by atoms with Gasteiger partial charge in [-0.3, -0.25) is 0 Å². The summed E-state index contributed by atoms with van der Waals surface area (Å²) in [6, 6.07) is 5.68. The quantitative estimate of drug-likeness (QED) is 0.590. The maximum Gasteiger partial charge on any atom is 0.434 e. The van der Waals surface area contributed by atoms with Gasteiger partial charge in [-0.15, -0.1) is 11.3 Å². The number of aliphatic imine (C=N–C) groups is 1. The highest BCUT2D eigenvalue weighted by Crippen LogP contribution is 2.29. The molecule has 0 saturated heterocycles. The number of nitrogens with one attached hydrogen (secondary N) is 2. The number of guanidine groups is 1. The van der Waals surface area contributed by atoms with Crippen LogP contribution in [0.5, 0.6) is 0 Å². The molecule has 2 aromatic heterocycles. The smallest absolute Gasteiger partial charge is 0.363 e. The Morgan fingerprint density at radius 3 is 2.62 bits per heavy atom. The molecule has 0 fully saturated rings. The van der Waals surface area contributed by atoms with Gasteiger partial charge < -0.3 is 15.5 Å². The third kappa shape index (κ3) is 5.87. The van der Waals surface area contributed by atoms with Gasteiger partial charge in [0.25, 0.3) is 0 Å². The number of nitrogens with zero attached hydrogens (tertiary/aromatic N) is 4. The third-order valence-electron chi connectivity index (χ3n) is 3.24. The molecule has 0 amide bonds. The predicted molar refractivity (Wildman–Crippen MR) is 97.3 cm³/mol. The van der Waals surface area contributed by atoms with Gasteiger partial charge in [0.05, 0.1) is 18.8 Å². The zero-order valence-corrected chi connectivity index (χ0v) is 15.6. The Morgan fingerprint density at radius 2 is 2.00 bits per heavy atom. The number of aromatic nitrogens is 2. The SMILES string of the molecule is CCNC(=NCc1cccc(N(C)C)n1)NCc1nc(C(F)(F)F)cs1. The zero-order valence-electron chi connectivity index (χ0n) is 14.8. The van der Waals surface area contributed by atoms with Crippen LogP contribution in [-0.4, -0.2) is 36.6 Å². The maximum atomic E-state index is 12.6. The summed E-state index contributed by atoms with van der Waals surface area (Å²) < 4.78 is 37.8. The summed E-state index contributed by atoms with van der Waals surface area (Å²) in [5.74, 6) is 1.33. The first kappa shape index (κ1) is 20.0. The van der Waals surface area contributed by atoms with E-state index in [2.05, 4.69) is 25.6 Å². The van der Waals surface area contributed by atoms with E-state index in [0.717, 1.165) is 28.2 Å². The zero-order chi connectivity index (χ0) is 19.2. The van der Waals surface area contributed by atoms with E-state index in [1.165, 1.54) is 0 Å². The van der Waals surface area contributed by atoms with E-state index in [-0.39, 0.29) is 6.54 Å². The molecule has 0 spiro atoms. The molecule has 6 nitrogen and oxygen atoms in total. The number of hydrogen-bond acceptors (Lipinski definition) is 5. The van der Waals surface area contributed by atoms with Crippen molar-refractivity contribution in [3.05, 3.63) is 40.0 Å². The summed E-state index contributed by atoms with van der Waals surface area (Å²) in [6.07, 6.45) is -4.42. The second-order valence-electron chi connectivity index (χ2n) is 5.55. The number of pyridine rings is 1. The van der Waals surface area contributed by atoms with Crippen LogP contribution >= 0.6 is 11.3 Å². The van der Waals surface area contributed by atoms with Gasteiger partial charge in [0, 0.05) is 26.0 Å². The van der Waals surface area contributed by atoms with Crippen molar-refractivity contribution in [2.45, 2.75) is 26.2 Å². The Balaban J connectivity index is 2.00. The number of halogens is 3. The fraction of sp³-hybridized carbons (Fsp3) is 0.438. The van der Waals surface area contributed by atoms with Crippen LogP contribution < -0.4 is 15.5 Å². The average molecular weight is 386 g/mol. The van der Waals surface area contributed by atoms with Crippen molar-refractivity contribution in [3.63, 3.8) is 0 Å². The lowest BCUT2D eigenvalue weighted by atomic mass is 10.3. The Hall–Kier alpha value is -2.36. The van der Waals surface area contributed by atoms with Crippen LogP contribution in [0, 0.1) is 0 Å². The van der Waals surface area contributed by atoms with E-state index in [0.29, 0.717) is 24.1 Å². The molecule has 26 heavy (non-hydrogen) atoms. The lowest BCUT2D eigenvalue weighted by Gasteiger charge is -2.12. The first-order chi connectivity index (χ1) is 12.3. The molecule has 0 aliphatic rings. The molecule has 2 rings (SSSR count). The molecule has 0 unspecified atom stereocenters. The van der Waals surface area contributed by atoms with Crippen molar-refractivity contribution < 1.29 is 13.2 Å². The van der Waals surface area contributed by atoms with E-state index in [1.54, 1.807) is 0 Å². The van der Waals surface area contributed by atoms with E-state index < -0.39 is 11.9 Å². The molecule has 0 atom stereocenters. The lowest BCUT2D eigenvalue weighted by Crippen LogP contribution is -2.36. The van der Waals surface area contributed by atoms with Gasteiger partial charge in [0.15, 0.2) is 11.7 Å². The van der Waals surface area contributed by atoms with E-state index in [4.69, 9.17) is 0 Å². The third-order valence-corrected chi connectivity index (χ3v) is 4.09. The summed E-state index contributed by atoms with van der Waals surface area (Å²) in [7, 11) is 3.81. The minimum atomic E-state index is -4.42. The van der Waals surface area contributed by atoms with Crippen LogP contribution in [0.25, 0.3) is 0 Å². The summed E-state index contributed by atoms with van der Waals surface area (Å²) in [5.41, 5.74) is -0.0760. The summed E-state index contributed by atoms with van der Waals surface area (Å²) >= 11 is 0.962. The lowest BCUT2D eigenvalue weighted by molar-refractivity contribution is -0.140. The topological polar surface area (TPSA) is 65.4 Å². The first-order valence-electron chi connectivity index (χ1n) is 7.96. The van der Waals surface area contributed by atoms with E-state index >= 15 is 0 Å². The molecule has 2 heterocycles. The Labute approximate surface area is 154 Å². The molecule has 2 aromatic rings. The minimum Gasteiger partial charge on any atom is -0.363 e. The molecule has 0 radical (unpaired) electrons. The molecule has 0 aromatic carbocycles. The van der Waals surface area contributed by atoms with Gasteiger partial charge in [0.2, 0.25) is 0 Å². The minimum absolute atomic E-state index is 0.164. The van der Waals surface area contributed by atoms with Crippen molar-refractivity contribution in [1.82, 2.24) is 20.6 Å². The van der Waals surface area contributed by atoms with Gasteiger partial charge in [-0.25, -0.2) is 15.0 Å². The van der Waals surface area contributed by atoms with Gasteiger partial charge in [-0.1, -0.05) is 6.07 Å². The van der Waals surface area contributed by atoms with Crippen molar-refractivity contribution >= 4 is 23.1 Å². The molecule has 0 bridgehead atoms. The normalized spacial score (nSPS) is 12.2. The molecule has 2 N–H and O–H groups in total. The van der Waals surface area contributed by atoms with Crippen molar-refractivity contribution in [2.24, 2.45) is 4.99 Å². The Morgan fingerprint density at radius 1 is 1.23 bits per heavy atom. The number of alkyl halides is 3. The second kappa shape index (κ2) is 8.84. The molecular weight excluding hydrogens is 365 g/mol. The fourth-order valence-corrected chi connectivity index (χ4v) is 2.73. The number of rotatable bonds is 6. The van der Waals surface area contributed by atoms with Gasteiger partial charge in [-0.2, -0.15) is 13.2 Å². The van der Waals surface area contributed by atoms with Crippen LogP contribution in [0.15, 0.2) is 28.6 Å². The standard InChI is InChI=1S/C16H21F3N6S/c1-4-20-15(21-8-11-6-5-7-13(23-11)25(2)3)22-9-14-24-12(10-26-14)16(17,18)19/h5-7,10H,4,8-9H2,1-3H3,(H2,20,21,22). The highest BCUT2D eigenvalue weighted by Gasteiger charge is 2.33. The summed E-state index contributed by atoms with van der Waals surface area (Å²) in [4.78, 5) is 14.4. The molecule has 142 valence electrons. The Bertz CT molecular complexity index is 742. The second-order valence-corrected chi connectivity index (χ2v) is 6.50. The van der Waals surface area contributed by atoms with Gasteiger partial charge >= 0.3 is 6.18 Å². The van der Waals surface area contributed by atoms with Gasteiger partial charge in [0.1, 0.15) is 10.8 Å². The monoisotopic (exact) mass is 386 g/mol. The number of thiazole rings is 1. The van der Waals surface area contributed by atoms with E-state index in [1.807, 2.05) is 44.1 Å². The van der Waals surface area contributed by atoms with Crippen LogP contribution in [0.4, 0.5) is 19.0 Å². The van der Waals surface area contributed by atoms with E-state index in [9.17, 15) is 13.2 Å². The molecule has 0 aliphatic carbocycles. The molecule has 0 aliphatic heterocycles. The Kier molecular flexibility index (Phi) is 6.78. The highest BCUT2D eigenvalue weighted by molar-refractivity contribution is 7.09. The van der Waals surface area contributed by atoms with Crippen molar-refractivity contribution in [3.8, 4) is 0 Å². The van der Waals surface area contributed by atoms with Crippen LogP contribution in [0.2, 0.25) is 0 Å². The van der Waals surface area contributed by atoms with Crippen molar-refractivity contribution in [1.29, 1.82) is 0 Å². The van der Waals surface area contributed by atoms with Crippen molar-refractivity contribution in [2.75, 3.05) is 25.5 Å². The van der Waals surface area contributed by atoms with Crippen LogP contribution in [0.3, 0.4) is 0 Å². The molecule has 0 saturated carbocycles. The summed E-state index contributed by atoms with van der Waals surface area (Å²) in [6.45, 7) is 3.05. The largest absolute Gasteiger partial charge is 0.434 e. The highest BCUT2D eigenvalue weighted by atomic mass is 32.1. The predicted octanol–water partition coefficient (Wildman–Crippen LogP) is 2.88. The van der Waals surface area contributed by atoms with Crippen LogP contribution in [0.1, 0.15) is 23.3 Å². The average Bonchev–Trinajstić information content (AvgIpc) is 3.07. The van der Waals surface area contributed by atoms with Gasteiger partial charge in [-0.05, 0) is 19.1 Å².